The zero-order valence-electron chi connectivity index (χ0n) is 15.8. The minimum absolute atomic E-state index is 0.498. The van der Waals surface area contributed by atoms with Crippen molar-refractivity contribution in [3.05, 3.63) is 66.2 Å². The highest BCUT2D eigenvalue weighted by atomic mass is 15.3. The van der Waals surface area contributed by atoms with E-state index in [0.717, 1.165) is 43.3 Å². The molecule has 140 valence electrons. The topological polar surface area (TPSA) is 68.1 Å². The Hall–Kier alpha value is -3.43. The van der Waals surface area contributed by atoms with Crippen molar-refractivity contribution in [2.75, 3.05) is 43.4 Å². The molecule has 28 heavy (non-hydrogen) atoms. The first-order chi connectivity index (χ1) is 13.7. The highest BCUT2D eigenvalue weighted by Crippen LogP contribution is 2.26. The van der Waals surface area contributed by atoms with Gasteiger partial charge in [-0.2, -0.15) is 10.2 Å². The molecule has 1 aliphatic heterocycles. The predicted molar refractivity (Wildman–Crippen MR) is 112 cm³/mol. The molecule has 0 saturated carbocycles. The molecule has 1 aliphatic rings. The van der Waals surface area contributed by atoms with Gasteiger partial charge in [0.05, 0.1) is 16.9 Å². The quantitative estimate of drug-likeness (QED) is 0.758. The summed E-state index contributed by atoms with van der Waals surface area (Å²) in [6.07, 6.45) is 0. The van der Waals surface area contributed by atoms with Gasteiger partial charge in [-0.25, -0.2) is 4.98 Å². The Morgan fingerprint density at radius 2 is 1.64 bits per heavy atom. The van der Waals surface area contributed by atoms with Gasteiger partial charge >= 0.3 is 0 Å². The summed E-state index contributed by atoms with van der Waals surface area (Å²) in [4.78, 5) is 14.1. The second kappa shape index (κ2) is 8.07. The third kappa shape index (κ3) is 3.95. The SMILES string of the molecule is CN1CCN(c2cc(-c3ccccc3)nc(Nc3ccccc3C#N)n2)CC1. The Kier molecular flexibility index (Phi) is 5.18. The van der Waals surface area contributed by atoms with Crippen molar-refractivity contribution in [3.63, 3.8) is 0 Å². The number of nitrogens with one attached hydrogen (secondary N) is 1. The van der Waals surface area contributed by atoms with Gasteiger partial charge in [0, 0.05) is 37.8 Å². The van der Waals surface area contributed by atoms with Crippen LogP contribution in [0.4, 0.5) is 17.5 Å². The van der Waals surface area contributed by atoms with Gasteiger partial charge in [-0.05, 0) is 19.2 Å². The fourth-order valence-corrected chi connectivity index (χ4v) is 3.25. The molecule has 6 nitrogen and oxygen atoms in total. The molecule has 6 heteroatoms. The average molecular weight is 370 g/mol. The molecule has 1 N–H and O–H groups in total. The van der Waals surface area contributed by atoms with Crippen LogP contribution in [0, 0.1) is 11.3 Å². The number of likely N-dealkylation sites (N-methyl/N-ethyl adjacent to an activating group) is 1. The van der Waals surface area contributed by atoms with E-state index in [-0.39, 0.29) is 0 Å². The molecule has 2 heterocycles. The first-order valence-corrected chi connectivity index (χ1v) is 9.37. The van der Waals surface area contributed by atoms with Gasteiger partial charge in [0.15, 0.2) is 0 Å². The third-order valence-electron chi connectivity index (χ3n) is 4.90. The zero-order chi connectivity index (χ0) is 19.3. The van der Waals surface area contributed by atoms with Crippen molar-refractivity contribution in [1.29, 1.82) is 5.26 Å². The molecule has 1 saturated heterocycles. The van der Waals surface area contributed by atoms with E-state index in [9.17, 15) is 5.26 Å². The van der Waals surface area contributed by atoms with Crippen LogP contribution >= 0.6 is 0 Å². The van der Waals surface area contributed by atoms with E-state index in [0.29, 0.717) is 17.2 Å². The summed E-state index contributed by atoms with van der Waals surface area (Å²) in [6.45, 7) is 3.86. The molecule has 0 unspecified atom stereocenters. The second-order valence-corrected chi connectivity index (χ2v) is 6.87. The number of nitriles is 1. The van der Waals surface area contributed by atoms with Crippen molar-refractivity contribution in [2.24, 2.45) is 0 Å². The first-order valence-electron chi connectivity index (χ1n) is 9.37. The summed E-state index contributed by atoms with van der Waals surface area (Å²) >= 11 is 0. The normalized spacial score (nSPS) is 14.5. The predicted octanol–water partition coefficient (Wildman–Crippen LogP) is 3.51. The maximum Gasteiger partial charge on any atom is 0.229 e. The Bertz CT molecular complexity index is 987. The molecular formula is C22H22N6. The molecule has 0 atom stereocenters. The van der Waals surface area contributed by atoms with Gasteiger partial charge < -0.3 is 15.1 Å². The molecule has 3 aromatic rings. The number of para-hydroxylation sites is 1. The van der Waals surface area contributed by atoms with E-state index in [1.807, 2.05) is 54.6 Å². The smallest absolute Gasteiger partial charge is 0.229 e. The van der Waals surface area contributed by atoms with Gasteiger partial charge in [0.25, 0.3) is 0 Å². The molecule has 2 aromatic carbocycles. The second-order valence-electron chi connectivity index (χ2n) is 6.87. The lowest BCUT2D eigenvalue weighted by Crippen LogP contribution is -2.44. The van der Waals surface area contributed by atoms with Crippen molar-refractivity contribution in [2.45, 2.75) is 0 Å². The summed E-state index contributed by atoms with van der Waals surface area (Å²) in [5.74, 6) is 1.40. The van der Waals surface area contributed by atoms with Crippen LogP contribution in [0.1, 0.15) is 5.56 Å². The Morgan fingerprint density at radius 1 is 0.929 bits per heavy atom. The van der Waals surface area contributed by atoms with E-state index < -0.39 is 0 Å². The minimum Gasteiger partial charge on any atom is -0.354 e. The summed E-state index contributed by atoms with van der Waals surface area (Å²) in [5, 5.41) is 12.6. The van der Waals surface area contributed by atoms with Crippen LogP contribution in [0.5, 0.6) is 0 Å². The van der Waals surface area contributed by atoms with Gasteiger partial charge in [-0.15, -0.1) is 0 Å². The van der Waals surface area contributed by atoms with E-state index in [2.05, 4.69) is 28.2 Å². The molecule has 0 radical (unpaired) electrons. The van der Waals surface area contributed by atoms with Crippen molar-refractivity contribution in [3.8, 4) is 17.3 Å². The molecule has 0 aliphatic carbocycles. The molecule has 4 rings (SSSR count). The minimum atomic E-state index is 0.498. The molecule has 1 fully saturated rings. The highest BCUT2D eigenvalue weighted by molar-refractivity contribution is 5.68. The van der Waals surface area contributed by atoms with Crippen LogP contribution in [0.15, 0.2) is 60.7 Å². The van der Waals surface area contributed by atoms with Gasteiger partial charge in [0.2, 0.25) is 5.95 Å². The standard InChI is InChI=1S/C22H22N6/c1-27-11-13-28(14-12-27)21-15-20(17-7-3-2-4-8-17)25-22(26-21)24-19-10-6-5-9-18(19)16-23/h2-10,15H,11-14H2,1H3,(H,24,25,26). The van der Waals surface area contributed by atoms with E-state index in [1.165, 1.54) is 0 Å². The lowest BCUT2D eigenvalue weighted by atomic mass is 10.1. The molecular weight excluding hydrogens is 348 g/mol. The van der Waals surface area contributed by atoms with Gasteiger partial charge in [0.1, 0.15) is 11.9 Å². The van der Waals surface area contributed by atoms with Crippen LogP contribution in [0.25, 0.3) is 11.3 Å². The monoisotopic (exact) mass is 370 g/mol. The van der Waals surface area contributed by atoms with E-state index >= 15 is 0 Å². The maximum absolute atomic E-state index is 9.37. The number of anilines is 3. The maximum atomic E-state index is 9.37. The van der Waals surface area contributed by atoms with Crippen molar-refractivity contribution < 1.29 is 0 Å². The van der Waals surface area contributed by atoms with Crippen LogP contribution in [-0.2, 0) is 0 Å². The molecule has 0 amide bonds. The number of piperazine rings is 1. The fourth-order valence-electron chi connectivity index (χ4n) is 3.25. The van der Waals surface area contributed by atoms with Gasteiger partial charge in [-0.3, -0.25) is 0 Å². The third-order valence-corrected chi connectivity index (χ3v) is 4.90. The lowest BCUT2D eigenvalue weighted by molar-refractivity contribution is 0.312. The molecule has 0 spiro atoms. The fraction of sp³-hybridized carbons (Fsp3) is 0.227. The summed E-state index contributed by atoms with van der Waals surface area (Å²) < 4.78 is 0. The van der Waals surface area contributed by atoms with Crippen LogP contribution < -0.4 is 10.2 Å². The molecule has 0 bridgehead atoms. The zero-order valence-corrected chi connectivity index (χ0v) is 15.8. The number of hydrogen-bond donors (Lipinski definition) is 1. The lowest BCUT2D eigenvalue weighted by Gasteiger charge is -2.33. The summed E-state index contributed by atoms with van der Waals surface area (Å²) in [6, 6.07) is 21.7. The molecule has 1 aromatic heterocycles. The number of nitrogens with zero attached hydrogens (tertiary/aromatic N) is 5. The number of hydrogen-bond acceptors (Lipinski definition) is 6. The Balaban J connectivity index is 1.73. The van der Waals surface area contributed by atoms with E-state index in [4.69, 9.17) is 9.97 Å². The van der Waals surface area contributed by atoms with Crippen LogP contribution in [0.2, 0.25) is 0 Å². The first kappa shape index (κ1) is 18.0. The van der Waals surface area contributed by atoms with Gasteiger partial charge in [-0.1, -0.05) is 42.5 Å². The van der Waals surface area contributed by atoms with Crippen molar-refractivity contribution in [1.82, 2.24) is 14.9 Å². The average Bonchev–Trinajstić information content (AvgIpc) is 2.75. The Morgan fingerprint density at radius 3 is 2.39 bits per heavy atom. The number of rotatable bonds is 4. The van der Waals surface area contributed by atoms with Crippen molar-refractivity contribution >= 4 is 17.5 Å². The van der Waals surface area contributed by atoms with E-state index in [1.54, 1.807) is 6.07 Å². The largest absolute Gasteiger partial charge is 0.354 e. The van der Waals surface area contributed by atoms with Crippen LogP contribution in [-0.4, -0.2) is 48.1 Å². The number of aromatic nitrogens is 2. The summed E-state index contributed by atoms with van der Waals surface area (Å²) in [5.41, 5.74) is 3.18. The highest BCUT2D eigenvalue weighted by Gasteiger charge is 2.18. The Labute approximate surface area is 165 Å². The van der Waals surface area contributed by atoms with Crippen LogP contribution in [0.3, 0.4) is 0 Å². The number of benzene rings is 2. The summed E-state index contributed by atoms with van der Waals surface area (Å²) in [7, 11) is 2.14.